The Morgan fingerprint density at radius 1 is 0.897 bits per heavy atom. The molecule has 4 rings (SSSR count). The van der Waals surface area contributed by atoms with Gasteiger partial charge in [0.1, 0.15) is 6.61 Å². The largest absolute Gasteiger partial charge is 0.483 e. The molecular weight excluding hydrogens is 366 g/mol. The third-order valence-corrected chi connectivity index (χ3v) is 4.91. The van der Waals surface area contributed by atoms with Gasteiger partial charge in [-0.25, -0.2) is 4.79 Å². The number of carbonyl (C=O) groups is 1. The van der Waals surface area contributed by atoms with Crippen molar-refractivity contribution in [1.29, 1.82) is 0 Å². The second kappa shape index (κ2) is 8.65. The Morgan fingerprint density at radius 3 is 2.24 bits per heavy atom. The molecule has 148 valence electrons. The minimum atomic E-state index is -0.181. The lowest BCUT2D eigenvalue weighted by Crippen LogP contribution is -2.30. The average molecular weight is 389 g/mol. The Kier molecular flexibility index (Phi) is 5.61. The monoisotopic (exact) mass is 389 g/mol. The highest BCUT2D eigenvalue weighted by molar-refractivity contribution is 5.76. The molecule has 2 amide bonds. The first kappa shape index (κ1) is 18.8. The molecule has 2 heterocycles. The zero-order valence-corrected chi connectivity index (χ0v) is 16.1. The minimum Gasteiger partial charge on any atom is -0.483 e. The van der Waals surface area contributed by atoms with Crippen LogP contribution in [-0.4, -0.2) is 28.6 Å². The lowest BCUT2D eigenvalue weighted by molar-refractivity contribution is 0.214. The van der Waals surface area contributed by atoms with E-state index in [1.54, 1.807) is 17.2 Å². The van der Waals surface area contributed by atoms with Gasteiger partial charge in [-0.3, -0.25) is 4.79 Å². The molecule has 0 aliphatic carbocycles. The highest BCUT2D eigenvalue weighted by Gasteiger charge is 2.21. The van der Waals surface area contributed by atoms with Crippen LogP contribution in [0.3, 0.4) is 0 Å². The highest BCUT2D eigenvalue weighted by Crippen LogP contribution is 2.15. The first-order valence-electron chi connectivity index (χ1n) is 9.66. The fourth-order valence-corrected chi connectivity index (χ4v) is 3.36. The quantitative estimate of drug-likeness (QED) is 0.676. The van der Waals surface area contributed by atoms with E-state index in [9.17, 15) is 9.59 Å². The van der Waals surface area contributed by atoms with Crippen molar-refractivity contribution in [3.63, 3.8) is 0 Å². The maximum Gasteiger partial charge on any atom is 0.317 e. The van der Waals surface area contributed by atoms with Crippen LogP contribution in [0.15, 0.2) is 77.7 Å². The van der Waals surface area contributed by atoms with Crippen molar-refractivity contribution in [2.24, 2.45) is 0 Å². The third-order valence-electron chi connectivity index (χ3n) is 4.91. The molecule has 0 radical (unpaired) electrons. The van der Waals surface area contributed by atoms with Gasteiger partial charge < -0.3 is 19.5 Å². The zero-order valence-electron chi connectivity index (χ0n) is 16.1. The number of ether oxygens (including phenoxy) is 1. The van der Waals surface area contributed by atoms with Crippen LogP contribution in [0.5, 0.6) is 5.75 Å². The lowest BCUT2D eigenvalue weighted by atomic mass is 10.2. The maximum absolute atomic E-state index is 12.7. The summed E-state index contributed by atoms with van der Waals surface area (Å²) in [5.41, 5.74) is 2.71. The van der Waals surface area contributed by atoms with Gasteiger partial charge in [0, 0.05) is 31.4 Å². The maximum atomic E-state index is 12.7. The number of nitrogens with zero attached hydrogens (tertiary/aromatic N) is 2. The van der Waals surface area contributed by atoms with Crippen molar-refractivity contribution in [2.45, 2.75) is 19.7 Å². The van der Waals surface area contributed by atoms with E-state index in [2.05, 4.69) is 5.32 Å². The predicted octanol–water partition coefficient (Wildman–Crippen LogP) is 3.00. The molecule has 0 saturated carbocycles. The van der Waals surface area contributed by atoms with Crippen molar-refractivity contribution in [1.82, 2.24) is 14.8 Å². The molecule has 1 saturated heterocycles. The number of rotatable bonds is 7. The number of benzene rings is 2. The first-order chi connectivity index (χ1) is 14.2. The van der Waals surface area contributed by atoms with Gasteiger partial charge in [0.05, 0.1) is 12.7 Å². The fourth-order valence-electron chi connectivity index (χ4n) is 3.36. The smallest absolute Gasteiger partial charge is 0.317 e. The molecule has 1 fully saturated rings. The molecule has 6 nitrogen and oxygen atoms in total. The molecule has 1 aliphatic heterocycles. The van der Waals surface area contributed by atoms with E-state index in [0.717, 1.165) is 16.8 Å². The van der Waals surface area contributed by atoms with E-state index in [0.29, 0.717) is 38.5 Å². The number of pyridine rings is 1. The Bertz CT molecular complexity index is 1030. The predicted molar refractivity (Wildman–Crippen MR) is 111 cm³/mol. The highest BCUT2D eigenvalue weighted by atomic mass is 16.5. The van der Waals surface area contributed by atoms with Crippen molar-refractivity contribution in [3.05, 3.63) is 100.0 Å². The summed E-state index contributed by atoms with van der Waals surface area (Å²) in [5, 5.41) is 2.80. The van der Waals surface area contributed by atoms with Crippen LogP contribution in [-0.2, 0) is 19.7 Å². The summed E-state index contributed by atoms with van der Waals surface area (Å²) in [4.78, 5) is 26.3. The van der Waals surface area contributed by atoms with E-state index in [-0.39, 0.29) is 11.5 Å². The van der Waals surface area contributed by atoms with Crippen molar-refractivity contribution in [2.75, 3.05) is 13.1 Å². The van der Waals surface area contributed by atoms with E-state index in [4.69, 9.17) is 4.74 Å². The van der Waals surface area contributed by atoms with E-state index in [1.165, 1.54) is 0 Å². The number of nitrogens with one attached hydrogen (secondary N) is 1. The number of amides is 2. The van der Waals surface area contributed by atoms with Crippen LogP contribution in [0, 0.1) is 0 Å². The summed E-state index contributed by atoms with van der Waals surface area (Å²) in [6.07, 6.45) is 1.75. The molecule has 0 spiro atoms. The second-order valence-corrected chi connectivity index (χ2v) is 7.03. The summed E-state index contributed by atoms with van der Waals surface area (Å²) < 4.78 is 7.81. The Morgan fingerprint density at radius 2 is 1.59 bits per heavy atom. The Labute approximate surface area is 169 Å². The van der Waals surface area contributed by atoms with Gasteiger partial charge in [0.2, 0.25) is 5.43 Å². The van der Waals surface area contributed by atoms with Crippen molar-refractivity contribution in [3.8, 4) is 5.75 Å². The molecule has 0 atom stereocenters. The third kappa shape index (κ3) is 4.66. The van der Waals surface area contributed by atoms with Crippen molar-refractivity contribution >= 4 is 6.03 Å². The van der Waals surface area contributed by atoms with Gasteiger partial charge in [0.25, 0.3) is 0 Å². The molecule has 2 aromatic carbocycles. The molecule has 0 unspecified atom stereocenters. The number of urea groups is 1. The number of hydrogen-bond acceptors (Lipinski definition) is 3. The summed E-state index contributed by atoms with van der Waals surface area (Å²) in [6, 6.07) is 21.2. The molecule has 0 bridgehead atoms. The molecule has 1 N–H and O–H groups in total. The summed E-state index contributed by atoms with van der Waals surface area (Å²) >= 11 is 0. The second-order valence-electron chi connectivity index (χ2n) is 7.03. The van der Waals surface area contributed by atoms with Gasteiger partial charge in [0.15, 0.2) is 5.75 Å². The van der Waals surface area contributed by atoms with Gasteiger partial charge in [-0.05, 0) is 11.1 Å². The summed E-state index contributed by atoms with van der Waals surface area (Å²) in [7, 11) is 0. The Balaban J connectivity index is 1.61. The topological polar surface area (TPSA) is 63.6 Å². The molecule has 3 aromatic rings. The molecule has 6 heteroatoms. The first-order valence-corrected chi connectivity index (χ1v) is 9.66. The summed E-state index contributed by atoms with van der Waals surface area (Å²) in [5.74, 6) is 0.305. The van der Waals surface area contributed by atoms with Gasteiger partial charge in [-0.2, -0.15) is 0 Å². The zero-order chi connectivity index (χ0) is 20.1. The molecule has 1 aromatic heterocycles. The van der Waals surface area contributed by atoms with Crippen LogP contribution in [0.1, 0.15) is 16.8 Å². The van der Waals surface area contributed by atoms with Crippen LogP contribution in [0.25, 0.3) is 0 Å². The molecular formula is C23H23N3O3. The normalized spacial score (nSPS) is 13.4. The lowest BCUT2D eigenvalue weighted by Gasteiger charge is -2.20. The van der Waals surface area contributed by atoms with Crippen LogP contribution in [0.2, 0.25) is 0 Å². The summed E-state index contributed by atoms with van der Waals surface area (Å²) in [6.45, 7) is 2.56. The Hall–Kier alpha value is -3.54. The number of hydrogen-bond donors (Lipinski definition) is 1. The van der Waals surface area contributed by atoms with Gasteiger partial charge in [-0.15, -0.1) is 0 Å². The van der Waals surface area contributed by atoms with E-state index < -0.39 is 0 Å². The van der Waals surface area contributed by atoms with Crippen LogP contribution >= 0.6 is 0 Å². The van der Waals surface area contributed by atoms with Crippen LogP contribution in [0.4, 0.5) is 4.79 Å². The number of carbonyl (C=O) groups excluding carboxylic acids is 1. The van der Waals surface area contributed by atoms with E-state index >= 15 is 0 Å². The van der Waals surface area contributed by atoms with Gasteiger partial charge in [-0.1, -0.05) is 60.7 Å². The van der Waals surface area contributed by atoms with Gasteiger partial charge >= 0.3 is 6.03 Å². The average Bonchev–Trinajstić information content (AvgIpc) is 3.15. The van der Waals surface area contributed by atoms with Crippen molar-refractivity contribution < 1.29 is 9.53 Å². The standard InChI is InChI=1S/C23H23N3O3/c27-21-13-20(15-25-12-11-24-23(25)28)26(14-18-7-3-1-4-8-18)16-22(21)29-17-19-9-5-2-6-10-19/h1-10,13,16H,11-12,14-15,17H2,(H,24,28). The van der Waals surface area contributed by atoms with Crippen LogP contribution < -0.4 is 15.5 Å². The van der Waals surface area contributed by atoms with E-state index in [1.807, 2.05) is 65.2 Å². The minimum absolute atomic E-state index is 0.104. The SMILES string of the molecule is O=C1NCCN1Cc1cc(=O)c(OCc2ccccc2)cn1Cc1ccccc1. The molecule has 1 aliphatic rings. The fraction of sp³-hybridized carbons (Fsp3) is 0.217. The molecule has 29 heavy (non-hydrogen) atoms. The number of aromatic nitrogens is 1.